The van der Waals surface area contributed by atoms with Crippen molar-refractivity contribution >= 4 is 11.7 Å². The van der Waals surface area contributed by atoms with Crippen LogP contribution >= 0.6 is 0 Å². The molecule has 0 aliphatic carbocycles. The lowest BCUT2D eigenvalue weighted by atomic mass is 10.1. The van der Waals surface area contributed by atoms with Gasteiger partial charge in [0.1, 0.15) is 13.2 Å². The molecule has 168 valence electrons. The first kappa shape index (κ1) is 22.8. The predicted molar refractivity (Wildman–Crippen MR) is 118 cm³/mol. The van der Waals surface area contributed by atoms with E-state index in [0.717, 1.165) is 29.2 Å². The van der Waals surface area contributed by atoms with Crippen molar-refractivity contribution in [1.82, 2.24) is 14.8 Å². The Labute approximate surface area is 183 Å². The van der Waals surface area contributed by atoms with Crippen molar-refractivity contribution in [3.8, 4) is 17.2 Å². The van der Waals surface area contributed by atoms with E-state index >= 15 is 0 Å². The second-order valence-electron chi connectivity index (χ2n) is 7.74. The van der Waals surface area contributed by atoms with Gasteiger partial charge >= 0.3 is 0 Å². The Kier molecular flexibility index (Phi) is 7.70. The van der Waals surface area contributed by atoms with Crippen molar-refractivity contribution in [3.63, 3.8) is 0 Å². The van der Waals surface area contributed by atoms with E-state index < -0.39 is 0 Å². The Morgan fingerprint density at radius 3 is 2.61 bits per heavy atom. The quantitative estimate of drug-likeness (QED) is 0.460. The smallest absolute Gasteiger partial charge is 0.234 e. The van der Waals surface area contributed by atoms with Gasteiger partial charge in [-0.3, -0.25) is 14.5 Å². The minimum atomic E-state index is -0.104. The standard InChI is InChI=1S/C23H31N3O5/c1-16-12-19(20(27)14-25(3)15-23(28)24-8-5-9-29-4)17(2)26(16)18-6-7-21-22(13-18)31-11-10-30-21/h6-7,12-13H,5,8-11,14-15H2,1-4H3,(H,24,28). The molecule has 8 nitrogen and oxygen atoms in total. The van der Waals surface area contributed by atoms with Gasteiger partial charge in [-0.15, -0.1) is 0 Å². The van der Waals surface area contributed by atoms with Gasteiger partial charge in [-0.2, -0.15) is 0 Å². The van der Waals surface area contributed by atoms with Crippen molar-refractivity contribution in [2.45, 2.75) is 20.3 Å². The lowest BCUT2D eigenvalue weighted by Gasteiger charge is -2.20. The third-order valence-electron chi connectivity index (χ3n) is 5.19. The van der Waals surface area contributed by atoms with Gasteiger partial charge in [0.15, 0.2) is 17.3 Å². The summed E-state index contributed by atoms with van der Waals surface area (Å²) in [4.78, 5) is 26.7. The Morgan fingerprint density at radius 2 is 1.87 bits per heavy atom. The zero-order chi connectivity index (χ0) is 22.4. The van der Waals surface area contributed by atoms with Crippen LogP contribution in [0.4, 0.5) is 0 Å². The number of aromatic nitrogens is 1. The Balaban J connectivity index is 1.66. The number of nitrogens with one attached hydrogen (secondary N) is 1. The van der Waals surface area contributed by atoms with Gasteiger partial charge in [0.25, 0.3) is 0 Å². The maximum atomic E-state index is 12.9. The van der Waals surface area contributed by atoms with E-state index in [1.54, 1.807) is 19.1 Å². The van der Waals surface area contributed by atoms with E-state index in [4.69, 9.17) is 14.2 Å². The maximum absolute atomic E-state index is 12.9. The van der Waals surface area contributed by atoms with E-state index in [0.29, 0.717) is 37.7 Å². The summed E-state index contributed by atoms with van der Waals surface area (Å²) in [7, 11) is 3.40. The van der Waals surface area contributed by atoms with Crippen LogP contribution in [0.5, 0.6) is 11.5 Å². The number of amides is 1. The maximum Gasteiger partial charge on any atom is 0.234 e. The van der Waals surface area contributed by atoms with E-state index in [9.17, 15) is 9.59 Å². The van der Waals surface area contributed by atoms with E-state index in [1.165, 1.54) is 0 Å². The fraction of sp³-hybridized carbons (Fsp3) is 0.478. The van der Waals surface area contributed by atoms with Gasteiger partial charge in [-0.05, 0) is 45.5 Å². The molecular formula is C23H31N3O5. The van der Waals surface area contributed by atoms with Crippen LogP contribution in [-0.4, -0.2) is 74.8 Å². The number of methoxy groups -OCH3 is 1. The first-order valence-electron chi connectivity index (χ1n) is 10.5. The minimum absolute atomic E-state index is 0.0217. The molecule has 1 aliphatic heterocycles. The molecule has 1 aliphatic rings. The highest BCUT2D eigenvalue weighted by Gasteiger charge is 2.20. The number of hydrogen-bond acceptors (Lipinski definition) is 6. The molecule has 1 aromatic heterocycles. The minimum Gasteiger partial charge on any atom is -0.486 e. The van der Waals surface area contributed by atoms with Crippen molar-refractivity contribution in [1.29, 1.82) is 0 Å². The molecule has 0 spiro atoms. The number of ether oxygens (including phenoxy) is 3. The lowest BCUT2D eigenvalue weighted by Crippen LogP contribution is -2.38. The summed E-state index contributed by atoms with van der Waals surface area (Å²) in [6.45, 7) is 6.47. The van der Waals surface area contributed by atoms with Gasteiger partial charge in [0, 0.05) is 49.0 Å². The van der Waals surface area contributed by atoms with Crippen LogP contribution in [0.2, 0.25) is 0 Å². The fourth-order valence-corrected chi connectivity index (χ4v) is 3.75. The first-order chi connectivity index (χ1) is 14.9. The second kappa shape index (κ2) is 10.5. The molecule has 0 bridgehead atoms. The van der Waals surface area contributed by atoms with E-state index in [1.807, 2.05) is 42.7 Å². The summed E-state index contributed by atoms with van der Waals surface area (Å²) in [5.74, 6) is 1.32. The zero-order valence-corrected chi connectivity index (χ0v) is 18.7. The SMILES string of the molecule is COCCCNC(=O)CN(C)CC(=O)c1cc(C)n(-c2ccc3c(c2)OCCO3)c1C. The van der Waals surface area contributed by atoms with Crippen LogP contribution in [-0.2, 0) is 9.53 Å². The molecule has 0 saturated carbocycles. The van der Waals surface area contributed by atoms with Crippen LogP contribution in [0.25, 0.3) is 5.69 Å². The van der Waals surface area contributed by atoms with Gasteiger partial charge in [0.2, 0.25) is 5.91 Å². The van der Waals surface area contributed by atoms with E-state index in [-0.39, 0.29) is 24.8 Å². The lowest BCUT2D eigenvalue weighted by molar-refractivity contribution is -0.121. The highest BCUT2D eigenvalue weighted by molar-refractivity contribution is 5.99. The average molecular weight is 430 g/mol. The van der Waals surface area contributed by atoms with Gasteiger partial charge in [-0.25, -0.2) is 0 Å². The molecule has 0 radical (unpaired) electrons. The number of nitrogens with zero attached hydrogens (tertiary/aromatic N) is 2. The van der Waals surface area contributed by atoms with Gasteiger partial charge < -0.3 is 24.1 Å². The molecule has 31 heavy (non-hydrogen) atoms. The van der Waals surface area contributed by atoms with Crippen LogP contribution < -0.4 is 14.8 Å². The molecule has 1 N–H and O–H groups in total. The normalized spacial score (nSPS) is 12.8. The van der Waals surface area contributed by atoms with Crippen LogP contribution in [0.3, 0.4) is 0 Å². The van der Waals surface area contributed by atoms with Crippen molar-refractivity contribution in [3.05, 3.63) is 41.2 Å². The summed E-state index contributed by atoms with van der Waals surface area (Å²) in [6, 6.07) is 7.68. The number of ketones is 1. The monoisotopic (exact) mass is 429 g/mol. The Bertz CT molecular complexity index is 938. The molecule has 3 rings (SSSR count). The Morgan fingerprint density at radius 1 is 1.13 bits per heavy atom. The molecule has 2 heterocycles. The van der Waals surface area contributed by atoms with Crippen LogP contribution in [0.1, 0.15) is 28.2 Å². The highest BCUT2D eigenvalue weighted by atomic mass is 16.6. The molecule has 0 unspecified atom stereocenters. The third kappa shape index (κ3) is 5.65. The van der Waals surface area contributed by atoms with Gasteiger partial charge in [-0.1, -0.05) is 0 Å². The fourth-order valence-electron chi connectivity index (χ4n) is 3.75. The third-order valence-corrected chi connectivity index (χ3v) is 5.19. The number of carbonyl (C=O) groups excluding carboxylic acids is 2. The number of fused-ring (bicyclic) bond motifs is 1. The number of carbonyl (C=O) groups is 2. The topological polar surface area (TPSA) is 82.0 Å². The predicted octanol–water partition coefficient (Wildman–Crippen LogP) is 2.13. The zero-order valence-electron chi connectivity index (χ0n) is 18.7. The highest BCUT2D eigenvalue weighted by Crippen LogP contribution is 2.33. The molecule has 0 saturated heterocycles. The number of rotatable bonds is 10. The molecule has 2 aromatic rings. The summed E-state index contributed by atoms with van der Waals surface area (Å²) in [5.41, 5.74) is 3.38. The number of likely N-dealkylation sites (N-methyl/N-ethyl adjacent to an activating group) is 1. The second-order valence-corrected chi connectivity index (χ2v) is 7.74. The summed E-state index contributed by atoms with van der Waals surface area (Å²) in [6.07, 6.45) is 0.761. The van der Waals surface area contributed by atoms with Gasteiger partial charge in [0.05, 0.1) is 13.1 Å². The molecule has 0 atom stereocenters. The van der Waals surface area contributed by atoms with Crippen molar-refractivity contribution in [2.75, 3.05) is 53.6 Å². The van der Waals surface area contributed by atoms with Crippen molar-refractivity contribution in [2.24, 2.45) is 0 Å². The average Bonchev–Trinajstić information content (AvgIpc) is 3.04. The van der Waals surface area contributed by atoms with Crippen molar-refractivity contribution < 1.29 is 23.8 Å². The summed E-state index contributed by atoms with van der Waals surface area (Å²) < 4.78 is 18.3. The molecule has 0 fully saturated rings. The van der Waals surface area contributed by atoms with Crippen LogP contribution in [0.15, 0.2) is 24.3 Å². The number of benzene rings is 1. The first-order valence-corrected chi connectivity index (χ1v) is 10.5. The van der Waals surface area contributed by atoms with Crippen LogP contribution in [0, 0.1) is 13.8 Å². The summed E-state index contributed by atoms with van der Waals surface area (Å²) in [5, 5.41) is 2.83. The number of Topliss-reactive ketones (excluding diaryl/α,β-unsaturated/α-hetero) is 1. The number of hydrogen-bond donors (Lipinski definition) is 1. The number of aryl methyl sites for hydroxylation is 1. The molecule has 1 amide bonds. The largest absolute Gasteiger partial charge is 0.486 e. The molecule has 8 heteroatoms. The molecule has 1 aromatic carbocycles. The Hall–Kier alpha value is -2.84. The van der Waals surface area contributed by atoms with E-state index in [2.05, 4.69) is 5.32 Å². The molecular weight excluding hydrogens is 398 g/mol. The summed E-state index contributed by atoms with van der Waals surface area (Å²) >= 11 is 0.